The van der Waals surface area contributed by atoms with E-state index in [9.17, 15) is 4.79 Å². The summed E-state index contributed by atoms with van der Waals surface area (Å²) in [5.41, 5.74) is 0. The van der Waals surface area contributed by atoms with Crippen LogP contribution in [0.2, 0.25) is 0 Å². The predicted octanol–water partition coefficient (Wildman–Crippen LogP) is 1.94. The molecule has 0 aromatic heterocycles. The van der Waals surface area contributed by atoms with E-state index < -0.39 is 7.36 Å². The van der Waals surface area contributed by atoms with Crippen molar-refractivity contribution in [3.8, 4) is 0 Å². The molecule has 1 saturated heterocycles. The first-order valence-electron chi connectivity index (χ1n) is 5.34. The highest BCUT2D eigenvalue weighted by Crippen LogP contribution is 2.62. The first-order valence-corrected chi connectivity index (χ1v) is 7.03. The van der Waals surface area contributed by atoms with Gasteiger partial charge in [0.25, 0.3) is 0 Å². The molecule has 6 heteroatoms. The maximum Gasteiger partial charge on any atom is 0.310 e. The molecule has 0 aromatic carbocycles. The molecule has 0 bridgehead atoms. The second-order valence-electron chi connectivity index (χ2n) is 3.91. The highest BCUT2D eigenvalue weighted by atomic mass is 31.2. The number of rotatable bonds is 4. The van der Waals surface area contributed by atoms with Gasteiger partial charge in [0, 0.05) is 18.4 Å². The summed E-state index contributed by atoms with van der Waals surface area (Å²) < 4.78 is 8.87. The van der Waals surface area contributed by atoms with Crippen LogP contribution in [0.5, 0.6) is 0 Å². The summed E-state index contributed by atoms with van der Waals surface area (Å²) in [7, 11) is 1.59. The van der Waals surface area contributed by atoms with Crippen LogP contribution in [0, 0.1) is 5.16 Å². The molecule has 0 unspecified atom stereocenters. The Bertz CT molecular complexity index is 329. The zero-order valence-corrected chi connectivity index (χ0v) is 11.1. The third kappa shape index (κ3) is 2.37. The summed E-state index contributed by atoms with van der Waals surface area (Å²) in [5, 5.41) is 9.15. The molecule has 1 aliphatic heterocycles. The number of likely N-dealkylation sites (N-methyl/N-ethyl adjacent to an activating group) is 2. The zero-order chi connectivity index (χ0) is 12.3. The lowest BCUT2D eigenvalue weighted by Gasteiger charge is -2.31. The monoisotopic (exact) mass is 245 g/mol. The second kappa shape index (κ2) is 5.13. The van der Waals surface area contributed by atoms with Gasteiger partial charge in [-0.2, -0.15) is 0 Å². The Morgan fingerprint density at radius 2 is 1.94 bits per heavy atom. The predicted molar refractivity (Wildman–Crippen MR) is 65.3 cm³/mol. The SMILES string of the molecule is C=C(CC(=O)OCC)P1(=N)N(C)CCN1C. The van der Waals surface area contributed by atoms with Crippen LogP contribution in [0.1, 0.15) is 13.3 Å². The van der Waals surface area contributed by atoms with Crippen molar-refractivity contribution in [3.05, 3.63) is 11.9 Å². The van der Waals surface area contributed by atoms with E-state index in [4.69, 9.17) is 9.90 Å². The van der Waals surface area contributed by atoms with Gasteiger partial charge in [0.2, 0.25) is 0 Å². The Balaban J connectivity index is 2.73. The number of hydrogen-bond acceptors (Lipinski definition) is 3. The Morgan fingerprint density at radius 1 is 1.44 bits per heavy atom. The number of nitrogens with one attached hydrogen (secondary N) is 1. The fourth-order valence-corrected chi connectivity index (χ4v) is 4.41. The summed E-state index contributed by atoms with van der Waals surface area (Å²) in [5.74, 6) is -0.284. The van der Waals surface area contributed by atoms with Gasteiger partial charge in [-0.05, 0) is 21.0 Å². The maximum atomic E-state index is 11.4. The first-order chi connectivity index (χ1) is 7.42. The van der Waals surface area contributed by atoms with Gasteiger partial charge in [0.15, 0.2) is 0 Å². The normalized spacial score (nSPS) is 20.9. The highest BCUT2D eigenvalue weighted by Gasteiger charge is 2.36. The van der Waals surface area contributed by atoms with Crippen molar-refractivity contribution in [2.45, 2.75) is 13.3 Å². The minimum Gasteiger partial charge on any atom is -0.466 e. The third-order valence-corrected chi connectivity index (χ3v) is 6.25. The first kappa shape index (κ1) is 13.4. The quantitative estimate of drug-likeness (QED) is 0.607. The molecule has 1 fully saturated rings. The van der Waals surface area contributed by atoms with Crippen LogP contribution in [0.4, 0.5) is 0 Å². The van der Waals surface area contributed by atoms with Gasteiger partial charge in [0.1, 0.15) is 7.36 Å². The number of esters is 1. The van der Waals surface area contributed by atoms with Gasteiger partial charge in [-0.15, -0.1) is 0 Å². The molecule has 0 aromatic rings. The molecule has 0 amide bonds. The summed E-state index contributed by atoms with van der Waals surface area (Å²) in [6.45, 7) is 7.78. The smallest absolute Gasteiger partial charge is 0.310 e. The summed E-state index contributed by atoms with van der Waals surface area (Å²) in [4.78, 5) is 11.4. The number of nitrogens with zero attached hydrogens (tertiary/aromatic N) is 2. The molecule has 1 rings (SSSR count). The van der Waals surface area contributed by atoms with E-state index in [1.54, 1.807) is 6.92 Å². The average molecular weight is 245 g/mol. The van der Waals surface area contributed by atoms with Crippen molar-refractivity contribution in [2.24, 2.45) is 0 Å². The van der Waals surface area contributed by atoms with Crippen LogP contribution < -0.4 is 0 Å². The average Bonchev–Trinajstić information content (AvgIpc) is 2.47. The molecule has 1 N–H and O–H groups in total. The second-order valence-corrected chi connectivity index (χ2v) is 7.11. The largest absolute Gasteiger partial charge is 0.466 e. The lowest BCUT2D eigenvalue weighted by molar-refractivity contribution is -0.142. The molecule has 1 heterocycles. The Labute approximate surface area is 97.0 Å². The molecule has 16 heavy (non-hydrogen) atoms. The van der Waals surface area contributed by atoms with E-state index in [2.05, 4.69) is 6.58 Å². The summed E-state index contributed by atoms with van der Waals surface area (Å²) in [6, 6.07) is 0. The lowest BCUT2D eigenvalue weighted by Crippen LogP contribution is -2.16. The molecule has 1 aliphatic rings. The Morgan fingerprint density at radius 3 is 2.38 bits per heavy atom. The Hall–Kier alpha value is -0.640. The van der Waals surface area contributed by atoms with Crippen molar-refractivity contribution in [1.82, 2.24) is 9.34 Å². The molecule has 0 radical (unpaired) electrons. The van der Waals surface area contributed by atoms with E-state index in [0.29, 0.717) is 11.9 Å². The molecular formula is C10H20N3O2P. The van der Waals surface area contributed by atoms with E-state index in [1.807, 2.05) is 23.4 Å². The molecule has 0 saturated carbocycles. The van der Waals surface area contributed by atoms with Crippen molar-refractivity contribution in [2.75, 3.05) is 33.8 Å². The van der Waals surface area contributed by atoms with E-state index >= 15 is 0 Å². The minimum absolute atomic E-state index is 0.153. The highest BCUT2D eigenvalue weighted by molar-refractivity contribution is 7.64. The fourth-order valence-electron chi connectivity index (χ4n) is 1.81. The van der Waals surface area contributed by atoms with Crippen LogP contribution in [-0.2, 0) is 9.53 Å². The van der Waals surface area contributed by atoms with Gasteiger partial charge in [-0.3, -0.25) is 19.3 Å². The number of carbonyl (C=O) groups excluding carboxylic acids is 1. The number of carbonyl (C=O) groups is 1. The standard InChI is InChI=1S/C10H20N3O2P/c1-5-15-10(14)8-9(2)16(11)12(3)6-7-13(16)4/h11H,2,5-8H2,1,3-4H3. The van der Waals surface area contributed by atoms with E-state index in [0.717, 1.165) is 13.1 Å². The Kier molecular flexibility index (Phi) is 4.30. The van der Waals surface area contributed by atoms with Gasteiger partial charge >= 0.3 is 5.97 Å². The van der Waals surface area contributed by atoms with Crippen molar-refractivity contribution in [3.63, 3.8) is 0 Å². The van der Waals surface area contributed by atoms with Crippen LogP contribution in [0.15, 0.2) is 11.9 Å². The number of hydrogen-bond donors (Lipinski definition) is 1. The van der Waals surface area contributed by atoms with Crippen molar-refractivity contribution < 1.29 is 9.53 Å². The van der Waals surface area contributed by atoms with Gasteiger partial charge in [-0.25, -0.2) is 0 Å². The van der Waals surface area contributed by atoms with Crippen LogP contribution in [-0.4, -0.2) is 49.1 Å². The maximum absolute atomic E-state index is 11.4. The molecule has 0 spiro atoms. The fraction of sp³-hybridized carbons (Fsp3) is 0.700. The molecule has 92 valence electrons. The molecular weight excluding hydrogens is 225 g/mol. The summed E-state index contributed by atoms with van der Waals surface area (Å²) in [6.07, 6.45) is 0.153. The van der Waals surface area contributed by atoms with Gasteiger partial charge in [-0.1, -0.05) is 6.58 Å². The minimum atomic E-state index is -2.25. The molecule has 0 atom stereocenters. The van der Waals surface area contributed by atoms with Gasteiger partial charge in [0.05, 0.1) is 13.0 Å². The van der Waals surface area contributed by atoms with Crippen molar-refractivity contribution >= 4 is 13.3 Å². The third-order valence-electron chi connectivity index (χ3n) is 2.83. The molecule has 0 aliphatic carbocycles. The lowest BCUT2D eigenvalue weighted by atomic mass is 10.4. The van der Waals surface area contributed by atoms with Crippen LogP contribution >= 0.6 is 7.36 Å². The number of ether oxygens (including phenoxy) is 1. The summed E-state index contributed by atoms with van der Waals surface area (Å²) >= 11 is 0. The topological polar surface area (TPSA) is 56.6 Å². The van der Waals surface area contributed by atoms with E-state index in [-0.39, 0.29) is 12.4 Å². The van der Waals surface area contributed by atoms with Crippen LogP contribution in [0.3, 0.4) is 0 Å². The van der Waals surface area contributed by atoms with Crippen molar-refractivity contribution in [1.29, 1.82) is 5.16 Å². The zero-order valence-electron chi connectivity index (χ0n) is 10.2. The van der Waals surface area contributed by atoms with Crippen LogP contribution in [0.25, 0.3) is 0 Å². The molecule has 5 nitrogen and oxygen atoms in total. The van der Waals surface area contributed by atoms with Gasteiger partial charge < -0.3 is 4.74 Å². The van der Waals surface area contributed by atoms with E-state index in [1.165, 1.54) is 0 Å².